The first-order valence-corrected chi connectivity index (χ1v) is 11.7. The third-order valence-electron chi connectivity index (χ3n) is 6.00. The van der Waals surface area contributed by atoms with Gasteiger partial charge in [-0.2, -0.15) is 10.1 Å². The molecule has 1 amide bonds. The van der Waals surface area contributed by atoms with Crippen molar-refractivity contribution in [2.24, 2.45) is 13.0 Å². The molecular formula is C24H25N5O2S. The molecule has 5 rings (SSSR count). The highest BCUT2D eigenvalue weighted by Crippen LogP contribution is 2.27. The molecule has 0 N–H and O–H groups in total. The molecule has 1 saturated heterocycles. The molecule has 1 aliphatic rings. The average Bonchev–Trinajstić information content (AvgIpc) is 3.55. The van der Waals surface area contributed by atoms with Gasteiger partial charge in [0, 0.05) is 32.1 Å². The summed E-state index contributed by atoms with van der Waals surface area (Å²) in [5, 5.41) is 10.7. The molecule has 32 heavy (non-hydrogen) atoms. The number of benzene rings is 1. The van der Waals surface area contributed by atoms with E-state index in [4.69, 9.17) is 4.52 Å². The van der Waals surface area contributed by atoms with Gasteiger partial charge in [0.05, 0.1) is 4.88 Å². The van der Waals surface area contributed by atoms with Gasteiger partial charge in [-0.25, -0.2) is 0 Å². The first-order chi connectivity index (χ1) is 15.6. The standard InChI is InChI=1S/C24H25N5O2S/c1-16-7-3-4-9-18(16)23-25-22(31-27-23)13-17-8-5-11-29(15-17)24(30)20-14-19(26-28(20)2)21-10-6-12-32-21/h3-4,6-7,9-10,12,14,17H,5,8,11,13,15H2,1-2H3. The van der Waals surface area contributed by atoms with E-state index in [-0.39, 0.29) is 5.91 Å². The Labute approximate surface area is 190 Å². The first-order valence-electron chi connectivity index (χ1n) is 10.8. The van der Waals surface area contributed by atoms with Crippen LogP contribution < -0.4 is 0 Å². The fourth-order valence-electron chi connectivity index (χ4n) is 4.31. The van der Waals surface area contributed by atoms with E-state index in [9.17, 15) is 4.79 Å². The molecule has 0 radical (unpaired) electrons. The van der Waals surface area contributed by atoms with E-state index in [0.717, 1.165) is 41.1 Å². The van der Waals surface area contributed by atoms with Crippen molar-refractivity contribution in [3.8, 4) is 22.0 Å². The topological polar surface area (TPSA) is 77.0 Å². The van der Waals surface area contributed by atoms with Crippen LogP contribution in [0.2, 0.25) is 0 Å². The zero-order valence-corrected chi connectivity index (χ0v) is 19.0. The maximum atomic E-state index is 13.2. The second-order valence-electron chi connectivity index (χ2n) is 8.31. The highest BCUT2D eigenvalue weighted by Gasteiger charge is 2.28. The largest absolute Gasteiger partial charge is 0.339 e. The lowest BCUT2D eigenvalue weighted by atomic mass is 9.94. The van der Waals surface area contributed by atoms with E-state index in [0.29, 0.717) is 36.3 Å². The van der Waals surface area contributed by atoms with Crippen molar-refractivity contribution in [1.29, 1.82) is 0 Å². The number of thiophene rings is 1. The second kappa shape index (κ2) is 8.70. The van der Waals surface area contributed by atoms with Crippen LogP contribution in [-0.4, -0.2) is 43.8 Å². The SMILES string of the molecule is Cc1ccccc1-c1noc(CC2CCCN(C(=O)c3cc(-c4cccs4)nn3C)C2)n1. The highest BCUT2D eigenvalue weighted by molar-refractivity contribution is 7.13. The maximum absolute atomic E-state index is 13.2. The van der Waals surface area contributed by atoms with Crippen molar-refractivity contribution in [3.63, 3.8) is 0 Å². The van der Waals surface area contributed by atoms with E-state index in [1.165, 1.54) is 0 Å². The van der Waals surface area contributed by atoms with Crippen molar-refractivity contribution in [2.45, 2.75) is 26.2 Å². The number of aryl methyl sites for hydroxylation is 2. The smallest absolute Gasteiger partial charge is 0.272 e. The quantitative estimate of drug-likeness (QED) is 0.447. The number of nitrogens with zero attached hydrogens (tertiary/aromatic N) is 5. The Bertz CT molecular complexity index is 1230. The van der Waals surface area contributed by atoms with Crippen LogP contribution in [0.15, 0.2) is 52.4 Å². The Morgan fingerprint density at radius 3 is 2.94 bits per heavy atom. The van der Waals surface area contributed by atoms with E-state index >= 15 is 0 Å². The fraction of sp³-hybridized carbons (Fsp3) is 0.333. The van der Waals surface area contributed by atoms with Crippen LogP contribution in [0.3, 0.4) is 0 Å². The van der Waals surface area contributed by atoms with Crippen LogP contribution in [0.1, 0.15) is 34.8 Å². The van der Waals surface area contributed by atoms with Gasteiger partial charge in [-0.3, -0.25) is 9.48 Å². The molecule has 1 aliphatic heterocycles. The molecule has 3 aromatic heterocycles. The molecule has 4 aromatic rings. The second-order valence-corrected chi connectivity index (χ2v) is 9.25. The average molecular weight is 448 g/mol. The number of amides is 1. The number of rotatable bonds is 5. The van der Waals surface area contributed by atoms with Crippen molar-refractivity contribution in [1.82, 2.24) is 24.8 Å². The zero-order chi connectivity index (χ0) is 22.1. The lowest BCUT2D eigenvalue weighted by Gasteiger charge is -2.32. The monoisotopic (exact) mass is 447 g/mol. The molecule has 4 heterocycles. The number of hydrogen-bond donors (Lipinski definition) is 0. The third-order valence-corrected chi connectivity index (χ3v) is 6.89. The van der Waals surface area contributed by atoms with Crippen molar-refractivity contribution in [3.05, 3.63) is 65.0 Å². The van der Waals surface area contributed by atoms with Crippen LogP contribution >= 0.6 is 11.3 Å². The van der Waals surface area contributed by atoms with Crippen molar-refractivity contribution < 1.29 is 9.32 Å². The fourth-order valence-corrected chi connectivity index (χ4v) is 4.99. The molecule has 1 aromatic carbocycles. The number of carbonyl (C=O) groups excluding carboxylic acids is 1. The molecule has 1 atom stereocenters. The minimum Gasteiger partial charge on any atom is -0.339 e. The van der Waals surface area contributed by atoms with Gasteiger partial charge < -0.3 is 9.42 Å². The molecule has 0 saturated carbocycles. The van der Waals surface area contributed by atoms with Gasteiger partial charge in [-0.1, -0.05) is 35.5 Å². The van der Waals surface area contributed by atoms with Gasteiger partial charge in [0.25, 0.3) is 5.91 Å². The van der Waals surface area contributed by atoms with Gasteiger partial charge in [0.1, 0.15) is 11.4 Å². The molecule has 0 aliphatic carbocycles. The van der Waals surface area contributed by atoms with Gasteiger partial charge >= 0.3 is 0 Å². The van der Waals surface area contributed by atoms with Gasteiger partial charge in [-0.15, -0.1) is 11.3 Å². The maximum Gasteiger partial charge on any atom is 0.272 e. The summed E-state index contributed by atoms with van der Waals surface area (Å²) in [5.74, 6) is 1.57. The lowest BCUT2D eigenvalue weighted by molar-refractivity contribution is 0.0657. The van der Waals surface area contributed by atoms with Gasteiger partial charge in [-0.05, 0) is 48.8 Å². The number of likely N-dealkylation sites (tertiary alicyclic amines) is 1. The predicted molar refractivity (Wildman–Crippen MR) is 123 cm³/mol. The summed E-state index contributed by atoms with van der Waals surface area (Å²) in [5.41, 5.74) is 3.57. The van der Waals surface area contributed by atoms with Gasteiger partial charge in [0.2, 0.25) is 11.7 Å². The number of piperidine rings is 1. The number of carbonyl (C=O) groups is 1. The molecule has 0 spiro atoms. The van der Waals surface area contributed by atoms with Crippen molar-refractivity contribution >= 4 is 17.2 Å². The predicted octanol–water partition coefficient (Wildman–Crippen LogP) is 4.60. The summed E-state index contributed by atoms with van der Waals surface area (Å²) in [7, 11) is 1.83. The molecule has 0 bridgehead atoms. The molecule has 1 unspecified atom stereocenters. The number of aromatic nitrogens is 4. The zero-order valence-electron chi connectivity index (χ0n) is 18.2. The van der Waals surface area contributed by atoms with E-state index in [1.807, 2.05) is 66.7 Å². The Hall–Kier alpha value is -3.26. The molecule has 1 fully saturated rings. The van der Waals surface area contributed by atoms with E-state index in [1.54, 1.807) is 16.0 Å². The Morgan fingerprint density at radius 2 is 2.12 bits per heavy atom. The van der Waals surface area contributed by atoms with E-state index < -0.39 is 0 Å². The minimum atomic E-state index is 0.0265. The number of hydrogen-bond acceptors (Lipinski definition) is 6. The summed E-state index contributed by atoms with van der Waals surface area (Å²) < 4.78 is 7.23. The van der Waals surface area contributed by atoms with Crippen LogP contribution in [0.25, 0.3) is 22.0 Å². The van der Waals surface area contributed by atoms with Crippen LogP contribution in [0, 0.1) is 12.8 Å². The van der Waals surface area contributed by atoms with E-state index in [2.05, 4.69) is 15.2 Å². The summed E-state index contributed by atoms with van der Waals surface area (Å²) in [6, 6.07) is 13.9. The van der Waals surface area contributed by atoms with Crippen LogP contribution in [0.5, 0.6) is 0 Å². The summed E-state index contributed by atoms with van der Waals surface area (Å²) in [6.45, 7) is 3.48. The Morgan fingerprint density at radius 1 is 1.25 bits per heavy atom. The summed E-state index contributed by atoms with van der Waals surface area (Å²) in [4.78, 5) is 20.9. The normalized spacial score (nSPS) is 16.4. The Balaban J connectivity index is 1.27. The Kier molecular flexibility index (Phi) is 5.61. The van der Waals surface area contributed by atoms with Crippen LogP contribution in [-0.2, 0) is 13.5 Å². The highest BCUT2D eigenvalue weighted by atomic mass is 32.1. The molecular weight excluding hydrogens is 422 g/mol. The minimum absolute atomic E-state index is 0.0265. The van der Waals surface area contributed by atoms with Crippen LogP contribution in [0.4, 0.5) is 0 Å². The first kappa shape index (κ1) is 20.6. The lowest BCUT2D eigenvalue weighted by Crippen LogP contribution is -2.41. The van der Waals surface area contributed by atoms with Gasteiger partial charge in [0.15, 0.2) is 0 Å². The summed E-state index contributed by atoms with van der Waals surface area (Å²) in [6.07, 6.45) is 2.68. The molecule has 7 nitrogen and oxygen atoms in total. The molecule has 8 heteroatoms. The summed E-state index contributed by atoms with van der Waals surface area (Å²) >= 11 is 1.62. The molecule has 164 valence electrons. The van der Waals surface area contributed by atoms with Crippen molar-refractivity contribution in [2.75, 3.05) is 13.1 Å². The third kappa shape index (κ3) is 4.10.